The third-order valence-electron chi connectivity index (χ3n) is 9.25. The van der Waals surface area contributed by atoms with Crippen LogP contribution in [0, 0.1) is 25.5 Å². The summed E-state index contributed by atoms with van der Waals surface area (Å²) in [7, 11) is 0. The quantitative estimate of drug-likeness (QED) is 0.199. The van der Waals surface area contributed by atoms with Crippen molar-refractivity contribution in [3.8, 4) is 0 Å². The number of aromatic amines is 1. The van der Waals surface area contributed by atoms with Gasteiger partial charge in [-0.05, 0) is 75.8 Å². The average molecular weight is 649 g/mol. The number of rotatable bonds is 10. The van der Waals surface area contributed by atoms with Gasteiger partial charge >= 0.3 is 11.7 Å². The Morgan fingerprint density at radius 3 is 2.53 bits per heavy atom. The number of hydrogen-bond donors (Lipinski definition) is 4. The summed E-state index contributed by atoms with van der Waals surface area (Å²) in [4.78, 5) is 55.5. The third-order valence-corrected chi connectivity index (χ3v) is 9.25. The minimum atomic E-state index is -1.46. The van der Waals surface area contributed by atoms with Crippen molar-refractivity contribution in [2.24, 2.45) is 0 Å². The number of hydrogen-bond acceptors (Lipinski definition) is 7. The zero-order chi connectivity index (χ0) is 33.6. The number of halogens is 2. The van der Waals surface area contributed by atoms with E-state index in [1.54, 1.807) is 0 Å². The molecule has 0 spiro atoms. The van der Waals surface area contributed by atoms with Crippen LogP contribution in [0.25, 0.3) is 10.9 Å². The topological polar surface area (TPSA) is 141 Å². The molecule has 11 nitrogen and oxygen atoms in total. The molecule has 13 heteroatoms. The fraction of sp³-hybridized carbons (Fsp3) is 0.412. The molecule has 2 fully saturated rings. The molecule has 0 amide bonds. The molecule has 0 radical (unpaired) electrons. The second kappa shape index (κ2) is 12.9. The highest BCUT2D eigenvalue weighted by atomic mass is 19.1. The summed E-state index contributed by atoms with van der Waals surface area (Å²) in [5, 5.41) is 15.7. The van der Waals surface area contributed by atoms with Crippen LogP contribution >= 0.6 is 0 Å². The van der Waals surface area contributed by atoms with Crippen LogP contribution in [0.2, 0.25) is 0 Å². The van der Waals surface area contributed by atoms with Crippen LogP contribution in [0.1, 0.15) is 71.7 Å². The van der Waals surface area contributed by atoms with Crippen molar-refractivity contribution in [3.05, 3.63) is 101 Å². The molecule has 2 atom stereocenters. The number of nitrogens with zero attached hydrogens (tertiary/aromatic N) is 3. The molecule has 2 unspecified atom stereocenters. The van der Waals surface area contributed by atoms with E-state index in [0.29, 0.717) is 32.5 Å². The number of carboxylic acids is 1. The maximum Gasteiger partial charge on any atom is 0.341 e. The molecule has 2 aromatic carbocycles. The van der Waals surface area contributed by atoms with Gasteiger partial charge in [0.1, 0.15) is 17.2 Å². The molecule has 4 aromatic rings. The maximum absolute atomic E-state index is 16.6. The Balaban J connectivity index is 1.32. The van der Waals surface area contributed by atoms with Gasteiger partial charge in [0.25, 0.3) is 5.56 Å². The van der Waals surface area contributed by atoms with Gasteiger partial charge in [0, 0.05) is 67.8 Å². The molecule has 4 N–H and O–H groups in total. The summed E-state index contributed by atoms with van der Waals surface area (Å²) in [6.45, 7) is 7.53. The first-order valence-electron chi connectivity index (χ1n) is 15.9. The van der Waals surface area contributed by atoms with Gasteiger partial charge in [-0.15, -0.1) is 0 Å². The average Bonchev–Trinajstić information content (AvgIpc) is 3.85. The zero-order valence-electron chi connectivity index (χ0n) is 26.5. The van der Waals surface area contributed by atoms with Gasteiger partial charge in [-0.25, -0.2) is 18.4 Å². The Kier molecular flexibility index (Phi) is 8.86. The van der Waals surface area contributed by atoms with E-state index in [-0.39, 0.29) is 53.8 Å². The van der Waals surface area contributed by atoms with Crippen LogP contribution in [-0.2, 0) is 6.54 Å². The predicted octanol–water partition coefficient (Wildman–Crippen LogP) is 4.34. The molecule has 3 heterocycles. The van der Waals surface area contributed by atoms with E-state index in [1.807, 2.05) is 43.9 Å². The summed E-state index contributed by atoms with van der Waals surface area (Å²) >= 11 is 0. The second-order valence-electron chi connectivity index (χ2n) is 12.7. The molecule has 1 saturated heterocycles. The lowest BCUT2D eigenvalue weighted by atomic mass is 9.95. The number of carboxylic acid groups (broad SMARTS) is 1. The van der Waals surface area contributed by atoms with E-state index in [4.69, 9.17) is 0 Å². The van der Waals surface area contributed by atoms with Crippen molar-refractivity contribution < 1.29 is 18.7 Å². The fourth-order valence-corrected chi connectivity index (χ4v) is 6.53. The predicted molar refractivity (Wildman–Crippen MR) is 175 cm³/mol. The third kappa shape index (κ3) is 6.50. The van der Waals surface area contributed by atoms with Gasteiger partial charge in [-0.3, -0.25) is 24.0 Å². The number of pyridine rings is 1. The highest BCUT2D eigenvalue weighted by molar-refractivity contribution is 5.93. The van der Waals surface area contributed by atoms with Crippen molar-refractivity contribution in [1.29, 1.82) is 0 Å². The molecular formula is C34H38F2N6O5. The number of carbonyl (C=O) groups is 1. The standard InChI is InChI=1S/C34H38F2N6O5/c1-18-6-7-21(13-19(18)2)38-27-15-28(43)41(34(47)39-27)11-4-5-26(40-12-10-37-20(3)16-40)29-25(35)14-23-31(30(29)36)42(22-8-9-22)17-24(32(23)44)33(45)46/h6-7,13-15,17,20,22,26,37-38H,4-5,8-12,16H2,1-3H3,(H,39,47)(H,45,46). The lowest BCUT2D eigenvalue weighted by Crippen LogP contribution is -2.50. The lowest BCUT2D eigenvalue weighted by molar-refractivity contribution is 0.0694. The highest BCUT2D eigenvalue weighted by Gasteiger charge is 2.34. The van der Waals surface area contributed by atoms with Crippen molar-refractivity contribution in [2.45, 2.75) is 71.1 Å². The minimum Gasteiger partial charge on any atom is -0.477 e. The van der Waals surface area contributed by atoms with Crippen LogP contribution in [0.3, 0.4) is 0 Å². The van der Waals surface area contributed by atoms with Gasteiger partial charge in [0.15, 0.2) is 5.82 Å². The second-order valence-corrected chi connectivity index (χ2v) is 12.7. The summed E-state index contributed by atoms with van der Waals surface area (Å²) in [5.74, 6) is -3.04. The van der Waals surface area contributed by atoms with E-state index in [0.717, 1.165) is 33.6 Å². The lowest BCUT2D eigenvalue weighted by Gasteiger charge is -2.38. The van der Waals surface area contributed by atoms with E-state index < -0.39 is 45.9 Å². The van der Waals surface area contributed by atoms with E-state index in [1.165, 1.54) is 10.6 Å². The minimum absolute atomic E-state index is 0.0157. The molecular weight excluding hydrogens is 610 g/mol. The molecule has 47 heavy (non-hydrogen) atoms. The first-order valence-corrected chi connectivity index (χ1v) is 15.9. The van der Waals surface area contributed by atoms with Gasteiger partial charge in [-0.2, -0.15) is 0 Å². The number of aryl methyl sites for hydroxylation is 2. The number of benzene rings is 2. The molecule has 2 aromatic heterocycles. The Labute approximate surface area is 268 Å². The zero-order valence-corrected chi connectivity index (χ0v) is 26.5. The first-order chi connectivity index (χ1) is 22.4. The molecule has 2 aliphatic rings. The number of H-pyrrole nitrogens is 1. The summed E-state index contributed by atoms with van der Waals surface area (Å²) in [6.07, 6.45) is 2.99. The Morgan fingerprint density at radius 1 is 1.11 bits per heavy atom. The summed E-state index contributed by atoms with van der Waals surface area (Å²) < 4.78 is 35.2. The van der Waals surface area contributed by atoms with Gasteiger partial charge in [-0.1, -0.05) is 6.07 Å². The van der Waals surface area contributed by atoms with Gasteiger partial charge in [0.05, 0.1) is 10.9 Å². The van der Waals surface area contributed by atoms with Crippen molar-refractivity contribution in [2.75, 3.05) is 25.0 Å². The van der Waals surface area contributed by atoms with E-state index in [2.05, 4.69) is 15.6 Å². The molecule has 1 aliphatic carbocycles. The van der Waals surface area contributed by atoms with Crippen LogP contribution in [0.5, 0.6) is 0 Å². The van der Waals surface area contributed by atoms with Crippen molar-refractivity contribution in [1.82, 2.24) is 24.3 Å². The van der Waals surface area contributed by atoms with Crippen molar-refractivity contribution >= 4 is 28.4 Å². The Hall–Kier alpha value is -4.62. The monoisotopic (exact) mass is 648 g/mol. The number of piperazine rings is 1. The molecule has 0 bridgehead atoms. The van der Waals surface area contributed by atoms with E-state index >= 15 is 8.78 Å². The Morgan fingerprint density at radius 2 is 1.87 bits per heavy atom. The number of fused-ring (bicyclic) bond motifs is 1. The smallest absolute Gasteiger partial charge is 0.341 e. The summed E-state index contributed by atoms with van der Waals surface area (Å²) in [6, 6.07) is 7.04. The number of nitrogens with one attached hydrogen (secondary N) is 3. The molecule has 1 aliphatic heterocycles. The molecule has 1 saturated carbocycles. The van der Waals surface area contributed by atoms with Crippen LogP contribution in [0.15, 0.2) is 50.9 Å². The van der Waals surface area contributed by atoms with Crippen LogP contribution in [-0.4, -0.2) is 55.8 Å². The largest absolute Gasteiger partial charge is 0.477 e. The Bertz CT molecular complexity index is 2020. The first kappa shape index (κ1) is 32.3. The number of anilines is 2. The molecule has 6 rings (SSSR count). The van der Waals surface area contributed by atoms with Gasteiger partial charge < -0.3 is 20.3 Å². The highest BCUT2D eigenvalue weighted by Crippen LogP contribution is 2.40. The normalized spacial score (nSPS) is 17.6. The SMILES string of the molecule is Cc1ccc(Nc2cc(=O)n(CCCC(c3c(F)cc4c(=O)c(C(=O)O)cn(C5CC5)c4c3F)N3CCNC(C)C3)c(=O)[nH]2)cc1C. The maximum atomic E-state index is 16.6. The number of aromatic carboxylic acids is 1. The van der Waals surface area contributed by atoms with Crippen molar-refractivity contribution in [3.63, 3.8) is 0 Å². The summed E-state index contributed by atoms with van der Waals surface area (Å²) in [5.41, 5.74) is -0.0196. The van der Waals surface area contributed by atoms with Gasteiger partial charge in [0.2, 0.25) is 5.43 Å². The molecule has 248 valence electrons. The van der Waals surface area contributed by atoms with E-state index in [9.17, 15) is 24.3 Å². The van der Waals surface area contributed by atoms with Crippen LogP contribution < -0.4 is 27.3 Å². The number of aromatic nitrogens is 3. The van der Waals surface area contributed by atoms with Crippen LogP contribution in [0.4, 0.5) is 20.3 Å². The fourth-order valence-electron chi connectivity index (χ4n) is 6.53.